The van der Waals surface area contributed by atoms with Crippen LogP contribution >= 0.6 is 11.6 Å². The number of benzene rings is 2. The van der Waals surface area contributed by atoms with E-state index in [0.29, 0.717) is 10.8 Å². The zero-order chi connectivity index (χ0) is 17.6. The Kier molecular flexibility index (Phi) is 5.31. The molecular formula is C20H19ClN4. The maximum Gasteiger partial charge on any atom is 0.198 e. The second-order valence-electron chi connectivity index (χ2n) is 5.75. The molecule has 0 saturated heterocycles. The van der Waals surface area contributed by atoms with Gasteiger partial charge in [-0.15, -0.1) is 0 Å². The Labute approximate surface area is 152 Å². The Morgan fingerprint density at radius 2 is 1.72 bits per heavy atom. The van der Waals surface area contributed by atoms with Crippen LogP contribution in [0.2, 0.25) is 5.02 Å². The third-order valence-corrected chi connectivity index (χ3v) is 4.06. The summed E-state index contributed by atoms with van der Waals surface area (Å²) in [5.74, 6) is 0.792. The molecule has 1 heterocycles. The van der Waals surface area contributed by atoms with Gasteiger partial charge in [0.05, 0.1) is 0 Å². The Balaban J connectivity index is 1.66. The minimum Gasteiger partial charge on any atom is -0.326 e. The summed E-state index contributed by atoms with van der Waals surface area (Å²) < 4.78 is 0. The van der Waals surface area contributed by atoms with Crippen molar-refractivity contribution < 1.29 is 0 Å². The Morgan fingerprint density at radius 1 is 0.960 bits per heavy atom. The van der Waals surface area contributed by atoms with E-state index in [0.717, 1.165) is 17.8 Å². The number of halogens is 1. The first-order valence-electron chi connectivity index (χ1n) is 7.99. The molecule has 3 aromatic rings. The average Bonchev–Trinajstić information content (AvgIpc) is 2.59. The van der Waals surface area contributed by atoms with Gasteiger partial charge < -0.3 is 10.6 Å². The topological polar surface area (TPSA) is 60.8 Å². The zero-order valence-corrected chi connectivity index (χ0v) is 14.6. The van der Waals surface area contributed by atoms with Gasteiger partial charge in [-0.05, 0) is 54.4 Å². The van der Waals surface area contributed by atoms with Crippen molar-refractivity contribution in [3.8, 4) is 0 Å². The van der Waals surface area contributed by atoms with Crippen molar-refractivity contribution in [1.29, 1.82) is 5.41 Å². The van der Waals surface area contributed by atoms with E-state index < -0.39 is 0 Å². The monoisotopic (exact) mass is 350 g/mol. The van der Waals surface area contributed by atoms with Gasteiger partial charge in [-0.1, -0.05) is 41.9 Å². The molecule has 0 unspecified atom stereocenters. The molecule has 0 fully saturated rings. The van der Waals surface area contributed by atoms with Crippen molar-refractivity contribution in [3.05, 3.63) is 88.6 Å². The van der Waals surface area contributed by atoms with Crippen LogP contribution in [0.1, 0.15) is 16.8 Å². The molecule has 0 atom stereocenters. The minimum absolute atomic E-state index is 0.155. The summed E-state index contributed by atoms with van der Waals surface area (Å²) in [6, 6.07) is 21.3. The van der Waals surface area contributed by atoms with Gasteiger partial charge in [0.15, 0.2) is 5.96 Å². The van der Waals surface area contributed by atoms with E-state index in [1.165, 1.54) is 11.1 Å². The molecule has 1 aromatic heterocycles. The highest BCUT2D eigenvalue weighted by Gasteiger charge is 2.04. The Bertz CT molecular complexity index is 875. The fourth-order valence-electron chi connectivity index (χ4n) is 2.49. The summed E-state index contributed by atoms with van der Waals surface area (Å²) >= 11 is 5.87. The summed E-state index contributed by atoms with van der Waals surface area (Å²) in [7, 11) is 0. The van der Waals surface area contributed by atoms with E-state index in [9.17, 15) is 0 Å². The van der Waals surface area contributed by atoms with Crippen molar-refractivity contribution in [2.75, 3.05) is 10.6 Å². The van der Waals surface area contributed by atoms with Crippen LogP contribution in [0.5, 0.6) is 0 Å². The van der Waals surface area contributed by atoms with Crippen molar-refractivity contribution in [3.63, 3.8) is 0 Å². The predicted molar refractivity (Wildman–Crippen MR) is 105 cm³/mol. The number of guanidine groups is 1. The van der Waals surface area contributed by atoms with Crippen LogP contribution in [-0.2, 0) is 6.42 Å². The number of nitrogens with zero attached hydrogens (tertiary/aromatic N) is 1. The lowest BCUT2D eigenvalue weighted by atomic mass is 10.0. The summed E-state index contributed by atoms with van der Waals surface area (Å²) in [5.41, 5.74) is 4.25. The molecule has 4 nitrogen and oxygen atoms in total. The molecule has 0 aliphatic rings. The Morgan fingerprint density at radius 3 is 2.48 bits per heavy atom. The van der Waals surface area contributed by atoms with Crippen LogP contribution < -0.4 is 10.6 Å². The first-order chi connectivity index (χ1) is 12.1. The second-order valence-corrected chi connectivity index (χ2v) is 6.19. The van der Waals surface area contributed by atoms with E-state index in [1.54, 1.807) is 12.1 Å². The SMILES string of the molecule is Cc1ccccc1Cc1cccc(NC(=N)Nc2ccc(Cl)cc2)n1. The highest BCUT2D eigenvalue weighted by Crippen LogP contribution is 2.15. The molecular weight excluding hydrogens is 332 g/mol. The molecule has 0 aliphatic carbocycles. The molecule has 0 amide bonds. The Hall–Kier alpha value is -2.85. The van der Waals surface area contributed by atoms with Crippen molar-refractivity contribution in [2.24, 2.45) is 0 Å². The molecule has 0 radical (unpaired) electrons. The summed E-state index contributed by atoms with van der Waals surface area (Å²) in [6.45, 7) is 2.10. The summed E-state index contributed by atoms with van der Waals surface area (Å²) in [6.07, 6.45) is 0.764. The van der Waals surface area contributed by atoms with Crippen LogP contribution in [-0.4, -0.2) is 10.9 Å². The lowest BCUT2D eigenvalue weighted by Gasteiger charge is -2.11. The van der Waals surface area contributed by atoms with Crippen LogP contribution in [0.3, 0.4) is 0 Å². The molecule has 0 spiro atoms. The van der Waals surface area contributed by atoms with E-state index in [4.69, 9.17) is 17.0 Å². The van der Waals surface area contributed by atoms with E-state index >= 15 is 0 Å². The fourth-order valence-corrected chi connectivity index (χ4v) is 2.61. The van der Waals surface area contributed by atoms with Gasteiger partial charge in [0, 0.05) is 22.8 Å². The lowest BCUT2D eigenvalue weighted by molar-refractivity contribution is 1.06. The van der Waals surface area contributed by atoms with Gasteiger partial charge >= 0.3 is 0 Å². The summed E-state index contributed by atoms with van der Waals surface area (Å²) in [4.78, 5) is 4.59. The van der Waals surface area contributed by atoms with Crippen LogP contribution in [0.25, 0.3) is 0 Å². The van der Waals surface area contributed by atoms with Crippen molar-refractivity contribution in [1.82, 2.24) is 4.98 Å². The largest absolute Gasteiger partial charge is 0.326 e. The molecule has 0 saturated carbocycles. The number of aromatic nitrogens is 1. The fraction of sp³-hybridized carbons (Fsp3) is 0.100. The molecule has 126 valence electrons. The van der Waals surface area contributed by atoms with Gasteiger partial charge in [-0.2, -0.15) is 0 Å². The number of aryl methyl sites for hydroxylation is 1. The van der Waals surface area contributed by atoms with Crippen LogP contribution in [0.15, 0.2) is 66.7 Å². The number of rotatable bonds is 4. The number of anilines is 2. The number of pyridine rings is 1. The van der Waals surface area contributed by atoms with Crippen molar-refractivity contribution >= 4 is 29.1 Å². The van der Waals surface area contributed by atoms with E-state index in [-0.39, 0.29) is 5.96 Å². The average molecular weight is 351 g/mol. The second kappa shape index (κ2) is 7.81. The van der Waals surface area contributed by atoms with Gasteiger partial charge in [0.2, 0.25) is 0 Å². The lowest BCUT2D eigenvalue weighted by Crippen LogP contribution is -2.21. The maximum absolute atomic E-state index is 8.05. The normalized spacial score (nSPS) is 10.3. The highest BCUT2D eigenvalue weighted by atomic mass is 35.5. The zero-order valence-electron chi connectivity index (χ0n) is 13.9. The highest BCUT2D eigenvalue weighted by molar-refractivity contribution is 6.30. The number of hydrogen-bond donors (Lipinski definition) is 3. The van der Waals surface area contributed by atoms with E-state index in [1.807, 2.05) is 42.5 Å². The molecule has 5 heteroatoms. The van der Waals surface area contributed by atoms with E-state index in [2.05, 4.69) is 34.7 Å². The van der Waals surface area contributed by atoms with Gasteiger partial charge in [-0.25, -0.2) is 4.98 Å². The van der Waals surface area contributed by atoms with Gasteiger partial charge in [-0.3, -0.25) is 5.41 Å². The minimum atomic E-state index is 0.155. The molecule has 25 heavy (non-hydrogen) atoms. The predicted octanol–water partition coefficient (Wildman–Crippen LogP) is 5.09. The first kappa shape index (κ1) is 17.0. The number of hydrogen-bond acceptors (Lipinski definition) is 2. The standard InChI is InChI=1S/C20H19ClN4/c1-14-5-2-3-6-15(14)13-18-7-4-8-19(23-18)25-20(22)24-17-11-9-16(21)10-12-17/h2-12H,13H2,1H3,(H3,22,23,24,25). The molecule has 3 N–H and O–H groups in total. The van der Waals surface area contributed by atoms with Gasteiger partial charge in [0.25, 0.3) is 0 Å². The third kappa shape index (κ3) is 4.81. The molecule has 0 bridgehead atoms. The summed E-state index contributed by atoms with van der Waals surface area (Å²) in [5, 5.41) is 14.7. The van der Waals surface area contributed by atoms with Gasteiger partial charge in [0.1, 0.15) is 5.82 Å². The number of nitrogens with one attached hydrogen (secondary N) is 3. The first-order valence-corrected chi connectivity index (χ1v) is 8.36. The van der Waals surface area contributed by atoms with Crippen molar-refractivity contribution in [2.45, 2.75) is 13.3 Å². The quantitative estimate of drug-likeness (QED) is 0.453. The molecule has 2 aromatic carbocycles. The third-order valence-electron chi connectivity index (χ3n) is 3.81. The van der Waals surface area contributed by atoms with Crippen LogP contribution in [0.4, 0.5) is 11.5 Å². The smallest absolute Gasteiger partial charge is 0.198 e. The van der Waals surface area contributed by atoms with Crippen LogP contribution in [0, 0.1) is 12.3 Å². The maximum atomic E-state index is 8.05. The molecule has 0 aliphatic heterocycles. The molecule has 3 rings (SSSR count).